The fourth-order valence-electron chi connectivity index (χ4n) is 1.24. The second-order valence-corrected chi connectivity index (χ2v) is 4.41. The van der Waals surface area contributed by atoms with Gasteiger partial charge in [0, 0.05) is 29.8 Å². The predicted octanol–water partition coefficient (Wildman–Crippen LogP) is 1.83. The van der Waals surface area contributed by atoms with Gasteiger partial charge in [0.15, 0.2) is 0 Å². The highest BCUT2D eigenvalue weighted by Gasteiger charge is 2.05. The van der Waals surface area contributed by atoms with Crippen LogP contribution >= 0.6 is 15.9 Å². The Morgan fingerprint density at radius 1 is 1.35 bits per heavy atom. The highest BCUT2D eigenvalue weighted by Crippen LogP contribution is 2.09. The average molecular weight is 301 g/mol. The Morgan fingerprint density at radius 3 is 2.76 bits per heavy atom. The maximum Gasteiger partial charge on any atom is 0.303 e. The Morgan fingerprint density at radius 2 is 2.12 bits per heavy atom. The molecule has 0 bridgehead atoms. The number of pyridine rings is 1. The number of carboxylic acids is 1. The summed E-state index contributed by atoms with van der Waals surface area (Å²) in [6.07, 6.45) is 4.43. The van der Waals surface area contributed by atoms with Crippen LogP contribution < -0.4 is 5.32 Å². The molecule has 0 aliphatic heterocycles. The van der Waals surface area contributed by atoms with E-state index in [4.69, 9.17) is 5.11 Å². The fourth-order valence-corrected chi connectivity index (χ4v) is 1.61. The fraction of sp³-hybridized carbons (Fsp3) is 0.364. The first kappa shape index (κ1) is 13.6. The van der Waals surface area contributed by atoms with Gasteiger partial charge in [-0.3, -0.25) is 14.6 Å². The molecule has 0 aliphatic carbocycles. The third-order valence-corrected chi connectivity index (χ3v) is 2.50. The number of nitrogens with one attached hydrogen (secondary N) is 1. The van der Waals surface area contributed by atoms with Gasteiger partial charge in [-0.1, -0.05) is 0 Å². The number of hydrogen-bond donors (Lipinski definition) is 2. The van der Waals surface area contributed by atoms with Gasteiger partial charge in [0.05, 0.1) is 5.56 Å². The zero-order chi connectivity index (χ0) is 12.7. The van der Waals surface area contributed by atoms with Gasteiger partial charge in [0.1, 0.15) is 0 Å². The zero-order valence-electron chi connectivity index (χ0n) is 9.15. The molecule has 0 saturated heterocycles. The van der Waals surface area contributed by atoms with Crippen molar-refractivity contribution in [3.05, 3.63) is 28.5 Å². The average Bonchev–Trinajstić information content (AvgIpc) is 2.28. The topological polar surface area (TPSA) is 79.3 Å². The molecule has 1 heterocycles. The Bertz CT molecular complexity index is 409. The van der Waals surface area contributed by atoms with E-state index < -0.39 is 5.97 Å². The molecule has 0 spiro atoms. The lowest BCUT2D eigenvalue weighted by Gasteiger charge is -2.04. The van der Waals surface area contributed by atoms with E-state index in [0.29, 0.717) is 24.9 Å². The van der Waals surface area contributed by atoms with Crippen molar-refractivity contribution in [1.82, 2.24) is 10.3 Å². The van der Waals surface area contributed by atoms with E-state index in [2.05, 4.69) is 26.2 Å². The molecule has 5 nitrogen and oxygen atoms in total. The van der Waals surface area contributed by atoms with Crippen LogP contribution in [0, 0.1) is 0 Å². The van der Waals surface area contributed by atoms with Crippen LogP contribution in [-0.4, -0.2) is 28.5 Å². The zero-order valence-corrected chi connectivity index (χ0v) is 10.7. The molecule has 0 radical (unpaired) electrons. The van der Waals surface area contributed by atoms with Crippen molar-refractivity contribution < 1.29 is 14.7 Å². The lowest BCUT2D eigenvalue weighted by molar-refractivity contribution is -0.137. The van der Waals surface area contributed by atoms with Crippen LogP contribution in [0.2, 0.25) is 0 Å². The molecule has 0 aliphatic rings. The number of nitrogens with zero attached hydrogens (tertiary/aromatic N) is 1. The summed E-state index contributed by atoms with van der Waals surface area (Å²) in [6, 6.07) is 1.68. The number of carbonyl (C=O) groups is 2. The van der Waals surface area contributed by atoms with E-state index in [0.717, 1.165) is 4.47 Å². The Balaban J connectivity index is 2.28. The van der Waals surface area contributed by atoms with E-state index >= 15 is 0 Å². The monoisotopic (exact) mass is 300 g/mol. The van der Waals surface area contributed by atoms with Crippen molar-refractivity contribution in [2.75, 3.05) is 6.54 Å². The lowest BCUT2D eigenvalue weighted by atomic mass is 10.2. The smallest absolute Gasteiger partial charge is 0.303 e. The molecule has 0 aromatic carbocycles. The van der Waals surface area contributed by atoms with Gasteiger partial charge in [0.2, 0.25) is 0 Å². The third kappa shape index (κ3) is 5.44. The summed E-state index contributed by atoms with van der Waals surface area (Å²) in [7, 11) is 0. The van der Waals surface area contributed by atoms with E-state index in [9.17, 15) is 9.59 Å². The number of carboxylic acid groups (broad SMARTS) is 1. The first-order valence-electron chi connectivity index (χ1n) is 5.20. The van der Waals surface area contributed by atoms with Gasteiger partial charge >= 0.3 is 5.97 Å². The summed E-state index contributed by atoms with van der Waals surface area (Å²) in [5.41, 5.74) is 0.484. The van der Waals surface area contributed by atoms with Crippen molar-refractivity contribution in [1.29, 1.82) is 0 Å². The standard InChI is InChI=1S/C11H13BrN2O3/c12-9-5-8(6-13-7-9)11(17)14-4-2-1-3-10(15)16/h5-7H,1-4H2,(H,14,17)(H,15,16). The van der Waals surface area contributed by atoms with E-state index in [-0.39, 0.29) is 12.3 Å². The number of aliphatic carboxylic acids is 1. The van der Waals surface area contributed by atoms with Crippen LogP contribution in [0.3, 0.4) is 0 Å². The second kappa shape index (κ2) is 7.01. The molecule has 0 fully saturated rings. The molecule has 1 rings (SSSR count). The molecule has 0 unspecified atom stereocenters. The highest BCUT2D eigenvalue weighted by molar-refractivity contribution is 9.10. The van der Waals surface area contributed by atoms with Crippen LogP contribution in [-0.2, 0) is 4.79 Å². The van der Waals surface area contributed by atoms with Crippen LogP contribution in [0.25, 0.3) is 0 Å². The van der Waals surface area contributed by atoms with Gasteiger partial charge in [-0.2, -0.15) is 0 Å². The maximum absolute atomic E-state index is 11.6. The summed E-state index contributed by atoms with van der Waals surface area (Å²) in [5.74, 6) is -1.01. The Labute approximate surface area is 107 Å². The first-order chi connectivity index (χ1) is 8.09. The first-order valence-corrected chi connectivity index (χ1v) is 5.99. The highest BCUT2D eigenvalue weighted by atomic mass is 79.9. The molecule has 1 aromatic heterocycles. The quantitative estimate of drug-likeness (QED) is 0.786. The predicted molar refractivity (Wildman–Crippen MR) is 65.8 cm³/mol. The third-order valence-electron chi connectivity index (χ3n) is 2.07. The van der Waals surface area contributed by atoms with Crippen molar-refractivity contribution >= 4 is 27.8 Å². The largest absolute Gasteiger partial charge is 0.481 e. The molecule has 0 saturated carbocycles. The van der Waals surface area contributed by atoms with Crippen LogP contribution in [0.1, 0.15) is 29.6 Å². The molecule has 6 heteroatoms. The molecule has 1 amide bonds. The van der Waals surface area contributed by atoms with Gasteiger partial charge in [-0.15, -0.1) is 0 Å². The number of aromatic nitrogens is 1. The van der Waals surface area contributed by atoms with Crippen LogP contribution in [0.15, 0.2) is 22.9 Å². The Kier molecular flexibility index (Phi) is 5.62. The van der Waals surface area contributed by atoms with Crippen LogP contribution in [0.5, 0.6) is 0 Å². The SMILES string of the molecule is O=C(O)CCCCNC(=O)c1cncc(Br)c1. The molecule has 1 aromatic rings. The molecule has 17 heavy (non-hydrogen) atoms. The van der Waals surface area contributed by atoms with E-state index in [1.54, 1.807) is 12.3 Å². The van der Waals surface area contributed by atoms with Crippen LogP contribution in [0.4, 0.5) is 0 Å². The summed E-state index contributed by atoms with van der Waals surface area (Å²) < 4.78 is 0.746. The minimum atomic E-state index is -0.812. The lowest BCUT2D eigenvalue weighted by Crippen LogP contribution is -2.24. The van der Waals surface area contributed by atoms with Crippen molar-refractivity contribution in [2.45, 2.75) is 19.3 Å². The van der Waals surface area contributed by atoms with Crippen molar-refractivity contribution in [3.8, 4) is 0 Å². The number of amides is 1. The molecule has 0 atom stereocenters. The van der Waals surface area contributed by atoms with Gasteiger partial charge < -0.3 is 10.4 Å². The van der Waals surface area contributed by atoms with Crippen molar-refractivity contribution in [3.63, 3.8) is 0 Å². The maximum atomic E-state index is 11.6. The number of halogens is 1. The molecular weight excluding hydrogens is 288 g/mol. The Hall–Kier alpha value is -1.43. The number of unbranched alkanes of at least 4 members (excludes halogenated alkanes) is 1. The molecular formula is C11H13BrN2O3. The summed E-state index contributed by atoms with van der Waals surface area (Å²) >= 11 is 3.23. The van der Waals surface area contributed by atoms with Gasteiger partial charge in [-0.25, -0.2) is 0 Å². The summed E-state index contributed by atoms with van der Waals surface area (Å²) in [4.78, 5) is 25.7. The van der Waals surface area contributed by atoms with Crippen molar-refractivity contribution in [2.24, 2.45) is 0 Å². The summed E-state index contributed by atoms with van der Waals surface area (Å²) in [6.45, 7) is 0.471. The summed E-state index contributed by atoms with van der Waals surface area (Å²) in [5, 5.41) is 11.1. The molecule has 92 valence electrons. The van der Waals surface area contributed by atoms with E-state index in [1.165, 1.54) is 6.20 Å². The normalized spacial score (nSPS) is 9.94. The minimum absolute atomic E-state index is 0.133. The van der Waals surface area contributed by atoms with E-state index in [1.807, 2.05) is 0 Å². The number of carbonyl (C=O) groups excluding carboxylic acids is 1. The van der Waals surface area contributed by atoms with Gasteiger partial charge in [0.25, 0.3) is 5.91 Å². The van der Waals surface area contributed by atoms with Gasteiger partial charge in [-0.05, 0) is 34.8 Å². The second-order valence-electron chi connectivity index (χ2n) is 3.50. The minimum Gasteiger partial charge on any atom is -0.481 e. The molecule has 2 N–H and O–H groups in total. The number of hydrogen-bond acceptors (Lipinski definition) is 3. The number of rotatable bonds is 6.